The van der Waals surface area contributed by atoms with Crippen molar-refractivity contribution in [3.8, 4) is 0 Å². The summed E-state index contributed by atoms with van der Waals surface area (Å²) in [4.78, 5) is 28.3. The Labute approximate surface area is 199 Å². The minimum absolute atomic E-state index is 0.0216. The highest BCUT2D eigenvalue weighted by molar-refractivity contribution is 6.54. The summed E-state index contributed by atoms with van der Waals surface area (Å²) < 4.78 is 0. The smallest absolute Gasteiger partial charge is 0.257 e. The maximum atomic E-state index is 13.3. The topological polar surface area (TPSA) is 52.7 Å². The molecule has 0 bridgehead atoms. The van der Waals surface area contributed by atoms with Crippen molar-refractivity contribution in [1.29, 1.82) is 0 Å². The van der Waals surface area contributed by atoms with Crippen molar-refractivity contribution in [3.63, 3.8) is 0 Å². The number of likely N-dealkylation sites (tertiary alicyclic amines) is 1. The molecule has 2 aromatic rings. The SMILES string of the molecule is O=C(Nc1ccc(N2CCC(Cc3ccccc3)CC2)c(C(=O)N2CCCC2)c1)C(Cl)Cl. The normalized spacial score (nSPS) is 17.1. The molecule has 0 aliphatic carbocycles. The first-order chi connectivity index (χ1) is 15.5. The van der Waals surface area contributed by atoms with E-state index >= 15 is 0 Å². The van der Waals surface area contributed by atoms with Crippen molar-refractivity contribution in [2.45, 2.75) is 36.9 Å². The molecular formula is C25H29Cl2N3O2. The molecule has 2 amide bonds. The summed E-state index contributed by atoms with van der Waals surface area (Å²) in [5, 5.41) is 2.70. The van der Waals surface area contributed by atoms with E-state index in [1.54, 1.807) is 6.07 Å². The zero-order chi connectivity index (χ0) is 22.5. The van der Waals surface area contributed by atoms with Gasteiger partial charge in [-0.25, -0.2) is 0 Å². The molecule has 2 aliphatic rings. The molecule has 1 N–H and O–H groups in total. The monoisotopic (exact) mass is 473 g/mol. The van der Waals surface area contributed by atoms with Crippen LogP contribution in [0.25, 0.3) is 0 Å². The van der Waals surface area contributed by atoms with Crippen molar-refractivity contribution < 1.29 is 9.59 Å². The minimum Gasteiger partial charge on any atom is -0.371 e. The first-order valence-electron chi connectivity index (χ1n) is 11.3. The lowest BCUT2D eigenvalue weighted by Gasteiger charge is -2.35. The number of hydrogen-bond acceptors (Lipinski definition) is 3. The van der Waals surface area contributed by atoms with Crippen molar-refractivity contribution in [2.75, 3.05) is 36.4 Å². The zero-order valence-electron chi connectivity index (χ0n) is 18.1. The number of hydrogen-bond donors (Lipinski definition) is 1. The van der Waals surface area contributed by atoms with E-state index in [1.165, 1.54) is 5.56 Å². The van der Waals surface area contributed by atoms with Crippen LogP contribution >= 0.6 is 23.2 Å². The summed E-state index contributed by atoms with van der Waals surface area (Å²) in [6, 6.07) is 16.2. The lowest BCUT2D eigenvalue weighted by atomic mass is 9.89. The molecule has 0 aromatic heterocycles. The maximum Gasteiger partial charge on any atom is 0.257 e. The van der Waals surface area contributed by atoms with Crippen LogP contribution in [0.15, 0.2) is 48.5 Å². The van der Waals surface area contributed by atoms with E-state index in [2.05, 4.69) is 40.5 Å². The molecule has 0 spiro atoms. The van der Waals surface area contributed by atoms with Gasteiger partial charge in [-0.05, 0) is 61.8 Å². The molecule has 5 nitrogen and oxygen atoms in total. The molecule has 0 unspecified atom stereocenters. The fraction of sp³-hybridized carbons (Fsp3) is 0.440. The van der Waals surface area contributed by atoms with Gasteiger partial charge in [-0.3, -0.25) is 9.59 Å². The summed E-state index contributed by atoms with van der Waals surface area (Å²) in [6.07, 6.45) is 5.33. The molecule has 2 aliphatic heterocycles. The summed E-state index contributed by atoms with van der Waals surface area (Å²) in [7, 11) is 0. The lowest BCUT2D eigenvalue weighted by Crippen LogP contribution is -2.36. The standard InChI is InChI=1S/C25H29Cl2N3O2/c26-23(27)24(31)28-20-8-9-22(21(17-20)25(32)30-12-4-5-13-30)29-14-10-19(11-15-29)16-18-6-2-1-3-7-18/h1-3,6-9,17,19,23H,4-5,10-16H2,(H,28,31). The van der Waals surface area contributed by atoms with Gasteiger partial charge in [-0.2, -0.15) is 0 Å². The largest absolute Gasteiger partial charge is 0.371 e. The Balaban J connectivity index is 1.50. The number of halogens is 2. The molecule has 0 radical (unpaired) electrons. The fourth-order valence-corrected chi connectivity index (χ4v) is 4.78. The Morgan fingerprint density at radius 1 is 0.969 bits per heavy atom. The van der Waals surface area contributed by atoms with Gasteiger partial charge in [0.1, 0.15) is 0 Å². The van der Waals surface area contributed by atoms with E-state index in [1.807, 2.05) is 17.0 Å². The van der Waals surface area contributed by atoms with Crippen LogP contribution in [0.5, 0.6) is 0 Å². The average molecular weight is 474 g/mol. The minimum atomic E-state index is -1.16. The van der Waals surface area contributed by atoms with E-state index in [0.29, 0.717) is 17.2 Å². The van der Waals surface area contributed by atoms with Gasteiger partial charge in [0.25, 0.3) is 11.8 Å². The highest BCUT2D eigenvalue weighted by atomic mass is 35.5. The van der Waals surface area contributed by atoms with Crippen LogP contribution in [0, 0.1) is 5.92 Å². The number of carbonyl (C=O) groups is 2. The second-order valence-corrected chi connectivity index (χ2v) is 9.74. The number of amides is 2. The zero-order valence-corrected chi connectivity index (χ0v) is 19.6. The molecule has 32 heavy (non-hydrogen) atoms. The number of alkyl halides is 2. The van der Waals surface area contributed by atoms with E-state index in [-0.39, 0.29) is 5.91 Å². The molecule has 4 rings (SSSR count). The Hall–Kier alpha value is -2.24. The molecule has 2 saturated heterocycles. The van der Waals surface area contributed by atoms with E-state index in [9.17, 15) is 9.59 Å². The molecular weight excluding hydrogens is 445 g/mol. The molecule has 2 heterocycles. The van der Waals surface area contributed by atoms with Gasteiger partial charge in [0.05, 0.1) is 5.56 Å². The van der Waals surface area contributed by atoms with Crippen molar-refractivity contribution in [2.24, 2.45) is 5.92 Å². The highest BCUT2D eigenvalue weighted by Crippen LogP contribution is 2.31. The van der Waals surface area contributed by atoms with Crippen LogP contribution in [0.1, 0.15) is 41.6 Å². The van der Waals surface area contributed by atoms with E-state index in [4.69, 9.17) is 23.2 Å². The molecule has 0 atom stereocenters. The van der Waals surface area contributed by atoms with Gasteiger partial charge in [0, 0.05) is 37.6 Å². The van der Waals surface area contributed by atoms with Crippen LogP contribution in [0.3, 0.4) is 0 Å². The number of carbonyl (C=O) groups excluding carboxylic acids is 2. The third-order valence-corrected chi connectivity index (χ3v) is 6.80. The second-order valence-electron chi connectivity index (χ2n) is 8.64. The second kappa shape index (κ2) is 10.6. The number of nitrogens with zero attached hydrogens (tertiary/aromatic N) is 2. The van der Waals surface area contributed by atoms with Crippen LogP contribution in [-0.4, -0.2) is 47.7 Å². The molecule has 2 aromatic carbocycles. The number of nitrogens with one attached hydrogen (secondary N) is 1. The molecule has 170 valence electrons. The van der Waals surface area contributed by atoms with Crippen molar-refractivity contribution >= 4 is 46.4 Å². The van der Waals surface area contributed by atoms with Gasteiger partial charge in [-0.1, -0.05) is 53.5 Å². The van der Waals surface area contributed by atoms with Gasteiger partial charge in [0.15, 0.2) is 4.84 Å². The molecule has 0 saturated carbocycles. The lowest BCUT2D eigenvalue weighted by molar-refractivity contribution is -0.114. The van der Waals surface area contributed by atoms with Gasteiger partial charge in [0.2, 0.25) is 0 Å². The number of benzene rings is 2. The number of rotatable bonds is 6. The van der Waals surface area contributed by atoms with Crippen LogP contribution in [0.4, 0.5) is 11.4 Å². The first kappa shape index (κ1) is 22.9. The van der Waals surface area contributed by atoms with Gasteiger partial charge in [-0.15, -0.1) is 0 Å². The summed E-state index contributed by atoms with van der Waals surface area (Å²) in [5.74, 6) is 0.171. The number of anilines is 2. The van der Waals surface area contributed by atoms with E-state index < -0.39 is 10.7 Å². The maximum absolute atomic E-state index is 13.3. The summed E-state index contributed by atoms with van der Waals surface area (Å²) in [5.41, 5.74) is 3.48. The average Bonchev–Trinajstić information content (AvgIpc) is 3.35. The van der Waals surface area contributed by atoms with Gasteiger partial charge < -0.3 is 15.1 Å². The van der Waals surface area contributed by atoms with Crippen LogP contribution in [-0.2, 0) is 11.2 Å². The van der Waals surface area contributed by atoms with E-state index in [0.717, 1.165) is 64.0 Å². The Morgan fingerprint density at radius 3 is 2.31 bits per heavy atom. The van der Waals surface area contributed by atoms with Crippen molar-refractivity contribution in [1.82, 2.24) is 4.90 Å². The van der Waals surface area contributed by atoms with Crippen LogP contribution < -0.4 is 10.2 Å². The van der Waals surface area contributed by atoms with Crippen molar-refractivity contribution in [3.05, 3.63) is 59.7 Å². The Bertz CT molecular complexity index is 937. The highest BCUT2D eigenvalue weighted by Gasteiger charge is 2.27. The summed E-state index contributed by atoms with van der Waals surface area (Å²) in [6.45, 7) is 3.38. The Kier molecular flexibility index (Phi) is 7.59. The summed E-state index contributed by atoms with van der Waals surface area (Å²) >= 11 is 11.4. The first-order valence-corrected chi connectivity index (χ1v) is 12.2. The predicted molar refractivity (Wildman–Crippen MR) is 131 cm³/mol. The third kappa shape index (κ3) is 5.57. The quantitative estimate of drug-likeness (QED) is 0.591. The third-order valence-electron chi connectivity index (χ3n) is 6.41. The number of piperidine rings is 1. The van der Waals surface area contributed by atoms with Gasteiger partial charge >= 0.3 is 0 Å². The fourth-order valence-electron chi connectivity index (χ4n) is 4.67. The van der Waals surface area contributed by atoms with Crippen LogP contribution in [0.2, 0.25) is 0 Å². The molecule has 2 fully saturated rings. The predicted octanol–water partition coefficient (Wildman–Crippen LogP) is 5.12. The Morgan fingerprint density at radius 2 is 1.66 bits per heavy atom. The molecule has 7 heteroatoms.